The summed E-state index contributed by atoms with van der Waals surface area (Å²) in [5.41, 5.74) is 7.09. The molecule has 0 saturated carbocycles. The van der Waals surface area contributed by atoms with E-state index in [0.717, 1.165) is 18.4 Å². The van der Waals surface area contributed by atoms with Crippen LogP contribution in [0, 0.1) is 0 Å². The molecule has 0 spiro atoms. The second kappa shape index (κ2) is 7.95. The first-order chi connectivity index (χ1) is 14.0. The Labute approximate surface area is 168 Å². The molecule has 4 rings (SSSR count). The molecular weight excluding hydrogens is 370 g/mol. The number of rotatable bonds is 5. The van der Waals surface area contributed by atoms with Crippen LogP contribution in [-0.2, 0) is 11.4 Å². The Hall–Kier alpha value is -3.35. The molecule has 7 heteroatoms. The molecule has 3 N–H and O–H groups in total. The van der Waals surface area contributed by atoms with Crippen molar-refractivity contribution in [3.05, 3.63) is 65.2 Å². The fourth-order valence-corrected chi connectivity index (χ4v) is 4.11. The summed E-state index contributed by atoms with van der Waals surface area (Å²) in [5.74, 6) is -0.199. The fraction of sp³-hybridized carbons (Fsp3) is 0.318. The van der Waals surface area contributed by atoms with Crippen LogP contribution in [0.15, 0.2) is 48.5 Å². The van der Waals surface area contributed by atoms with Crippen LogP contribution < -0.4 is 15.8 Å². The molecule has 2 aliphatic heterocycles. The normalized spacial score (nSPS) is 20.7. The standard InChI is InChI=1S/C22H23N3O4/c23-21(27)18-6-1-2-7-19(18)29-13-14-4-3-5-15(10-14)22(28)25-16-8-9-17(25)12-24-20(26)11-16/h1-7,10,16-17H,8-9,11-13H2,(H2,23,27)(H,24,26). The van der Waals surface area contributed by atoms with Gasteiger partial charge in [0.05, 0.1) is 5.56 Å². The summed E-state index contributed by atoms with van der Waals surface area (Å²) in [5, 5.41) is 2.89. The molecule has 2 aromatic rings. The summed E-state index contributed by atoms with van der Waals surface area (Å²) in [4.78, 5) is 38.4. The minimum absolute atomic E-state index is 0.00488. The van der Waals surface area contributed by atoms with E-state index in [4.69, 9.17) is 10.5 Å². The Morgan fingerprint density at radius 3 is 2.72 bits per heavy atom. The smallest absolute Gasteiger partial charge is 0.254 e. The number of ether oxygens (including phenoxy) is 1. The second-order valence-electron chi connectivity index (χ2n) is 7.46. The van der Waals surface area contributed by atoms with Crippen molar-refractivity contribution in [3.8, 4) is 5.75 Å². The van der Waals surface area contributed by atoms with Gasteiger partial charge in [-0.15, -0.1) is 0 Å². The first-order valence-corrected chi connectivity index (χ1v) is 9.73. The van der Waals surface area contributed by atoms with Crippen LogP contribution in [-0.4, -0.2) is 41.2 Å². The lowest BCUT2D eigenvalue weighted by atomic mass is 10.1. The molecule has 3 amide bonds. The number of nitrogens with zero attached hydrogens (tertiary/aromatic N) is 1. The molecule has 2 atom stereocenters. The van der Waals surface area contributed by atoms with Gasteiger partial charge in [0.2, 0.25) is 5.91 Å². The summed E-state index contributed by atoms with van der Waals surface area (Å²) in [6.45, 7) is 0.714. The summed E-state index contributed by atoms with van der Waals surface area (Å²) in [7, 11) is 0. The predicted molar refractivity (Wildman–Crippen MR) is 106 cm³/mol. The summed E-state index contributed by atoms with van der Waals surface area (Å²) in [6.07, 6.45) is 2.12. The van der Waals surface area contributed by atoms with Crippen LogP contribution in [0.2, 0.25) is 0 Å². The molecule has 0 aliphatic carbocycles. The number of carbonyl (C=O) groups excluding carboxylic acids is 3. The summed E-state index contributed by atoms with van der Waals surface area (Å²) < 4.78 is 5.77. The van der Waals surface area contributed by atoms with Crippen LogP contribution >= 0.6 is 0 Å². The average Bonchev–Trinajstić information content (AvgIpc) is 3.04. The Morgan fingerprint density at radius 1 is 1.10 bits per heavy atom. The molecule has 2 fully saturated rings. The number of hydrogen-bond acceptors (Lipinski definition) is 4. The fourth-order valence-electron chi connectivity index (χ4n) is 4.11. The molecule has 0 aromatic heterocycles. The van der Waals surface area contributed by atoms with Crippen LogP contribution in [0.25, 0.3) is 0 Å². The van der Waals surface area contributed by atoms with Gasteiger partial charge in [-0.1, -0.05) is 24.3 Å². The molecule has 0 radical (unpaired) electrons. The maximum atomic E-state index is 13.2. The SMILES string of the molecule is NC(=O)c1ccccc1OCc1cccc(C(=O)N2C3CCC2CC(=O)NC3)c1. The topological polar surface area (TPSA) is 102 Å². The van der Waals surface area contributed by atoms with Crippen LogP contribution in [0.3, 0.4) is 0 Å². The van der Waals surface area contributed by atoms with Crippen molar-refractivity contribution in [1.82, 2.24) is 10.2 Å². The van der Waals surface area contributed by atoms with E-state index >= 15 is 0 Å². The van der Waals surface area contributed by atoms with Crippen LogP contribution in [0.5, 0.6) is 5.75 Å². The molecule has 2 saturated heterocycles. The number of primary amides is 1. The number of benzene rings is 2. The van der Waals surface area contributed by atoms with Gasteiger partial charge >= 0.3 is 0 Å². The van der Waals surface area contributed by atoms with Crippen molar-refractivity contribution in [2.45, 2.75) is 38.0 Å². The van der Waals surface area contributed by atoms with Crippen molar-refractivity contribution in [3.63, 3.8) is 0 Å². The van der Waals surface area contributed by atoms with E-state index in [-0.39, 0.29) is 30.5 Å². The van der Waals surface area contributed by atoms with Gasteiger partial charge in [-0.3, -0.25) is 14.4 Å². The summed E-state index contributed by atoms with van der Waals surface area (Å²) in [6, 6.07) is 14.1. The zero-order valence-electron chi connectivity index (χ0n) is 16.0. The Balaban J connectivity index is 1.50. The van der Waals surface area contributed by atoms with Gasteiger partial charge in [-0.05, 0) is 42.7 Å². The van der Waals surface area contributed by atoms with Crippen molar-refractivity contribution in [1.29, 1.82) is 0 Å². The molecular formula is C22H23N3O4. The molecule has 2 aromatic carbocycles. The largest absolute Gasteiger partial charge is 0.488 e. The van der Waals surface area contributed by atoms with Gasteiger partial charge in [-0.2, -0.15) is 0 Å². The zero-order chi connectivity index (χ0) is 20.4. The van der Waals surface area contributed by atoms with E-state index < -0.39 is 5.91 Å². The minimum Gasteiger partial charge on any atom is -0.488 e. The highest BCUT2D eigenvalue weighted by Crippen LogP contribution is 2.30. The quantitative estimate of drug-likeness (QED) is 0.809. The van der Waals surface area contributed by atoms with Crippen molar-refractivity contribution in [2.24, 2.45) is 5.73 Å². The maximum absolute atomic E-state index is 13.2. The third kappa shape index (κ3) is 3.94. The number of nitrogens with one attached hydrogen (secondary N) is 1. The molecule has 29 heavy (non-hydrogen) atoms. The first kappa shape index (κ1) is 19.0. The lowest BCUT2D eigenvalue weighted by Gasteiger charge is -2.27. The van der Waals surface area contributed by atoms with Crippen LogP contribution in [0.4, 0.5) is 0 Å². The summed E-state index contributed by atoms with van der Waals surface area (Å²) >= 11 is 0. The number of nitrogens with two attached hydrogens (primary N) is 1. The third-order valence-corrected chi connectivity index (χ3v) is 5.53. The molecule has 7 nitrogen and oxygen atoms in total. The van der Waals surface area contributed by atoms with Crippen molar-refractivity contribution in [2.75, 3.05) is 6.54 Å². The Kier molecular flexibility index (Phi) is 5.20. The van der Waals surface area contributed by atoms with E-state index in [1.807, 2.05) is 17.0 Å². The van der Waals surface area contributed by atoms with E-state index in [1.165, 1.54) is 0 Å². The van der Waals surface area contributed by atoms with E-state index in [9.17, 15) is 14.4 Å². The molecule has 150 valence electrons. The predicted octanol–water partition coefficient (Wildman–Crippen LogP) is 1.86. The van der Waals surface area contributed by atoms with E-state index in [1.54, 1.807) is 36.4 Å². The van der Waals surface area contributed by atoms with Crippen molar-refractivity contribution < 1.29 is 19.1 Å². The highest BCUT2D eigenvalue weighted by molar-refractivity contribution is 5.96. The molecule has 2 unspecified atom stereocenters. The monoisotopic (exact) mass is 393 g/mol. The van der Waals surface area contributed by atoms with Crippen LogP contribution in [0.1, 0.15) is 45.5 Å². The highest BCUT2D eigenvalue weighted by atomic mass is 16.5. The van der Waals surface area contributed by atoms with Gasteiger partial charge in [0.15, 0.2) is 0 Å². The van der Waals surface area contributed by atoms with E-state index in [0.29, 0.717) is 29.8 Å². The molecule has 2 aliphatic rings. The van der Waals surface area contributed by atoms with Gasteiger partial charge < -0.3 is 20.7 Å². The molecule has 2 bridgehead atoms. The number of para-hydroxylation sites is 1. The Bertz CT molecular complexity index is 959. The highest BCUT2D eigenvalue weighted by Gasteiger charge is 2.40. The first-order valence-electron chi connectivity index (χ1n) is 9.73. The number of fused-ring (bicyclic) bond motifs is 2. The molecule has 2 heterocycles. The lowest BCUT2D eigenvalue weighted by Crippen LogP contribution is -2.42. The van der Waals surface area contributed by atoms with Crippen molar-refractivity contribution >= 4 is 17.7 Å². The van der Waals surface area contributed by atoms with Gasteiger partial charge in [0.25, 0.3) is 11.8 Å². The Morgan fingerprint density at radius 2 is 1.90 bits per heavy atom. The number of hydrogen-bond donors (Lipinski definition) is 2. The van der Waals surface area contributed by atoms with Gasteiger partial charge in [-0.25, -0.2) is 0 Å². The second-order valence-corrected chi connectivity index (χ2v) is 7.46. The maximum Gasteiger partial charge on any atom is 0.254 e. The third-order valence-electron chi connectivity index (χ3n) is 5.53. The number of carbonyl (C=O) groups is 3. The lowest BCUT2D eigenvalue weighted by molar-refractivity contribution is -0.121. The minimum atomic E-state index is -0.552. The van der Waals surface area contributed by atoms with Gasteiger partial charge in [0.1, 0.15) is 12.4 Å². The average molecular weight is 393 g/mol. The van der Waals surface area contributed by atoms with Gasteiger partial charge in [0, 0.05) is 30.6 Å². The van der Waals surface area contributed by atoms with E-state index in [2.05, 4.69) is 5.32 Å². The zero-order valence-corrected chi connectivity index (χ0v) is 16.0. The number of amides is 3.